The number of aryl methyl sites for hydroxylation is 1. The van der Waals surface area contributed by atoms with E-state index in [4.69, 9.17) is 4.98 Å². The van der Waals surface area contributed by atoms with Crippen LogP contribution < -0.4 is 5.56 Å². The molecule has 27 heavy (non-hydrogen) atoms. The van der Waals surface area contributed by atoms with Crippen LogP contribution in [0.25, 0.3) is 32.6 Å². The maximum absolute atomic E-state index is 12.2. The van der Waals surface area contributed by atoms with Crippen molar-refractivity contribution >= 4 is 33.3 Å². The Hall–Kier alpha value is -3.25. The summed E-state index contributed by atoms with van der Waals surface area (Å²) >= 11 is 1.59. The second-order valence-electron chi connectivity index (χ2n) is 6.48. The van der Waals surface area contributed by atoms with E-state index < -0.39 is 0 Å². The second kappa shape index (κ2) is 6.17. The fourth-order valence-corrected chi connectivity index (χ4v) is 4.30. The molecule has 0 saturated heterocycles. The highest BCUT2D eigenvalue weighted by atomic mass is 32.1. The Morgan fingerprint density at radius 2 is 1.93 bits per heavy atom. The minimum atomic E-state index is -0.0939. The quantitative estimate of drug-likeness (QED) is 0.512. The third kappa shape index (κ3) is 2.65. The number of thiazole rings is 1. The van der Waals surface area contributed by atoms with E-state index in [-0.39, 0.29) is 5.56 Å². The molecule has 3 aromatic heterocycles. The Morgan fingerprint density at radius 1 is 1.11 bits per heavy atom. The van der Waals surface area contributed by atoms with Gasteiger partial charge >= 0.3 is 0 Å². The summed E-state index contributed by atoms with van der Waals surface area (Å²) in [5.41, 5.74) is 6.52. The van der Waals surface area contributed by atoms with Crippen molar-refractivity contribution in [2.24, 2.45) is 0 Å². The van der Waals surface area contributed by atoms with E-state index >= 15 is 0 Å². The summed E-state index contributed by atoms with van der Waals surface area (Å²) in [7, 11) is 0. The standard InChI is InChI=1S/C21H16N4OS/c1-13-20(27-12-22-13)21-24-17-8-4-5-9-18(17)25(21)11-14-10-19(26)23-16-7-3-2-6-15(14)16/h2-10,12H,11H2,1H3,(H,23,26). The number of aromatic nitrogens is 4. The van der Waals surface area contributed by atoms with E-state index in [0.717, 1.165) is 43.9 Å². The van der Waals surface area contributed by atoms with Gasteiger partial charge in [-0.25, -0.2) is 9.97 Å². The first-order valence-corrected chi connectivity index (χ1v) is 9.55. The maximum atomic E-state index is 12.2. The highest BCUT2D eigenvalue weighted by Crippen LogP contribution is 2.31. The van der Waals surface area contributed by atoms with Crippen LogP contribution in [0, 0.1) is 6.92 Å². The molecule has 5 rings (SSSR count). The van der Waals surface area contributed by atoms with E-state index in [2.05, 4.69) is 20.6 Å². The highest BCUT2D eigenvalue weighted by molar-refractivity contribution is 7.13. The summed E-state index contributed by atoms with van der Waals surface area (Å²) in [5, 5.41) is 1.04. The van der Waals surface area contributed by atoms with Crippen LogP contribution in [-0.4, -0.2) is 19.5 Å². The number of benzene rings is 2. The summed E-state index contributed by atoms with van der Waals surface area (Å²) in [6.07, 6.45) is 0. The third-order valence-electron chi connectivity index (χ3n) is 4.77. The number of aromatic amines is 1. The van der Waals surface area contributed by atoms with Gasteiger partial charge in [0.1, 0.15) is 0 Å². The molecule has 6 heteroatoms. The maximum Gasteiger partial charge on any atom is 0.248 e. The monoisotopic (exact) mass is 372 g/mol. The SMILES string of the molecule is Cc1ncsc1-c1nc2ccccc2n1Cc1cc(=O)[nH]c2ccccc12. The fraction of sp³-hybridized carbons (Fsp3) is 0.0952. The molecule has 0 bridgehead atoms. The Kier molecular flexibility index (Phi) is 3.65. The molecule has 0 aliphatic heterocycles. The van der Waals surface area contributed by atoms with Gasteiger partial charge in [0.05, 0.1) is 33.7 Å². The van der Waals surface area contributed by atoms with Crippen LogP contribution in [0.5, 0.6) is 0 Å². The van der Waals surface area contributed by atoms with Crippen LogP contribution in [0.3, 0.4) is 0 Å². The largest absolute Gasteiger partial charge is 0.322 e. The summed E-state index contributed by atoms with van der Waals surface area (Å²) in [6.45, 7) is 2.57. The summed E-state index contributed by atoms with van der Waals surface area (Å²) in [5.74, 6) is 0.889. The summed E-state index contributed by atoms with van der Waals surface area (Å²) in [4.78, 5) is 25.4. The highest BCUT2D eigenvalue weighted by Gasteiger charge is 2.17. The number of H-pyrrole nitrogens is 1. The fourth-order valence-electron chi connectivity index (χ4n) is 3.50. The Labute approximate surface area is 159 Å². The van der Waals surface area contributed by atoms with Crippen LogP contribution >= 0.6 is 11.3 Å². The Bertz CT molecular complexity index is 1350. The van der Waals surface area contributed by atoms with Crippen molar-refractivity contribution in [1.29, 1.82) is 0 Å². The van der Waals surface area contributed by atoms with Gasteiger partial charge in [-0.05, 0) is 30.7 Å². The molecule has 132 valence electrons. The lowest BCUT2D eigenvalue weighted by Gasteiger charge is -2.11. The first-order valence-electron chi connectivity index (χ1n) is 8.67. The lowest BCUT2D eigenvalue weighted by Crippen LogP contribution is -2.10. The molecule has 5 nitrogen and oxygen atoms in total. The lowest BCUT2D eigenvalue weighted by molar-refractivity contribution is 0.838. The average molecular weight is 372 g/mol. The minimum absolute atomic E-state index is 0.0939. The molecule has 1 N–H and O–H groups in total. The first-order chi connectivity index (χ1) is 13.2. The second-order valence-corrected chi connectivity index (χ2v) is 7.34. The van der Waals surface area contributed by atoms with Crippen LogP contribution in [0.15, 0.2) is 64.9 Å². The van der Waals surface area contributed by atoms with Crippen molar-refractivity contribution in [1.82, 2.24) is 19.5 Å². The number of fused-ring (bicyclic) bond motifs is 2. The van der Waals surface area contributed by atoms with Gasteiger partial charge in [-0.3, -0.25) is 4.79 Å². The molecule has 0 spiro atoms. The number of imidazole rings is 1. The van der Waals surface area contributed by atoms with Crippen LogP contribution in [-0.2, 0) is 6.54 Å². The Morgan fingerprint density at radius 3 is 2.78 bits per heavy atom. The van der Waals surface area contributed by atoms with Crippen molar-refractivity contribution in [3.63, 3.8) is 0 Å². The number of nitrogens with zero attached hydrogens (tertiary/aromatic N) is 3. The number of pyridine rings is 1. The van der Waals surface area contributed by atoms with Crippen LogP contribution in [0.4, 0.5) is 0 Å². The van der Waals surface area contributed by atoms with Crippen molar-refractivity contribution in [2.45, 2.75) is 13.5 Å². The smallest absolute Gasteiger partial charge is 0.248 e. The molecular weight excluding hydrogens is 356 g/mol. The molecule has 0 atom stereocenters. The number of para-hydroxylation sites is 3. The van der Waals surface area contributed by atoms with Crippen LogP contribution in [0.2, 0.25) is 0 Å². The van der Waals surface area contributed by atoms with Crippen LogP contribution in [0.1, 0.15) is 11.3 Å². The molecule has 0 saturated carbocycles. The normalized spacial score (nSPS) is 11.4. The summed E-state index contributed by atoms with van der Waals surface area (Å²) in [6, 6.07) is 17.7. The number of rotatable bonds is 3. The van der Waals surface area contributed by atoms with Gasteiger partial charge in [0, 0.05) is 17.0 Å². The van der Waals surface area contributed by atoms with Crippen molar-refractivity contribution in [2.75, 3.05) is 0 Å². The van der Waals surface area contributed by atoms with Crippen molar-refractivity contribution in [3.8, 4) is 10.7 Å². The van der Waals surface area contributed by atoms with E-state index in [0.29, 0.717) is 6.54 Å². The molecule has 0 aliphatic carbocycles. The average Bonchev–Trinajstić information content (AvgIpc) is 3.25. The summed E-state index contributed by atoms with van der Waals surface area (Å²) < 4.78 is 2.18. The van der Waals surface area contributed by atoms with Gasteiger partial charge in [0.25, 0.3) is 0 Å². The molecule has 0 fully saturated rings. The topological polar surface area (TPSA) is 63.6 Å². The van der Waals surface area contributed by atoms with E-state index in [1.54, 1.807) is 17.4 Å². The number of nitrogens with one attached hydrogen (secondary N) is 1. The number of hydrogen-bond donors (Lipinski definition) is 1. The predicted molar refractivity (Wildman–Crippen MR) is 109 cm³/mol. The first kappa shape index (κ1) is 16.0. The van der Waals surface area contributed by atoms with Gasteiger partial charge < -0.3 is 9.55 Å². The van der Waals surface area contributed by atoms with Crippen molar-refractivity contribution < 1.29 is 0 Å². The Balaban J connectivity index is 1.77. The molecule has 0 radical (unpaired) electrons. The van der Waals surface area contributed by atoms with Crippen molar-refractivity contribution in [3.05, 3.63) is 81.7 Å². The molecule has 0 aliphatic rings. The molecule has 0 unspecified atom stereocenters. The predicted octanol–water partition coefficient (Wildman–Crippen LogP) is 4.36. The van der Waals surface area contributed by atoms with Gasteiger partial charge in [0.2, 0.25) is 5.56 Å². The van der Waals surface area contributed by atoms with Gasteiger partial charge in [0.15, 0.2) is 5.82 Å². The number of hydrogen-bond acceptors (Lipinski definition) is 4. The zero-order valence-electron chi connectivity index (χ0n) is 14.6. The lowest BCUT2D eigenvalue weighted by atomic mass is 10.1. The minimum Gasteiger partial charge on any atom is -0.322 e. The molecule has 0 amide bonds. The van der Waals surface area contributed by atoms with E-state index in [9.17, 15) is 4.79 Å². The van der Waals surface area contributed by atoms with Gasteiger partial charge in [-0.1, -0.05) is 30.3 Å². The molecule has 5 aromatic rings. The van der Waals surface area contributed by atoms with Gasteiger partial charge in [-0.15, -0.1) is 11.3 Å². The third-order valence-corrected chi connectivity index (χ3v) is 5.69. The molecule has 2 aromatic carbocycles. The molecule has 3 heterocycles. The zero-order valence-corrected chi connectivity index (χ0v) is 15.5. The van der Waals surface area contributed by atoms with Gasteiger partial charge in [-0.2, -0.15) is 0 Å². The van der Waals surface area contributed by atoms with E-state index in [1.807, 2.05) is 54.9 Å². The molecular formula is C21H16N4OS. The van der Waals surface area contributed by atoms with E-state index in [1.165, 1.54) is 0 Å². The zero-order chi connectivity index (χ0) is 18.4.